The quantitative estimate of drug-likeness (QED) is 0.148. The maximum absolute atomic E-state index is 11.2. The van der Waals surface area contributed by atoms with Crippen molar-refractivity contribution in [2.24, 2.45) is 11.5 Å². The van der Waals surface area contributed by atoms with Gasteiger partial charge in [0, 0.05) is 11.5 Å². The van der Waals surface area contributed by atoms with E-state index in [-0.39, 0.29) is 11.8 Å². The second-order valence-corrected chi connectivity index (χ2v) is 8.28. The number of nitrogens with two attached hydrogens (primary N) is 2. The van der Waals surface area contributed by atoms with E-state index < -0.39 is 12.1 Å². The molecule has 0 saturated carbocycles. The Morgan fingerprint density at radius 3 is 1.22 bits per heavy atom. The molecule has 0 heterocycles. The second-order valence-electron chi connectivity index (χ2n) is 7.55. The second kappa shape index (κ2) is 30.9. The van der Waals surface area contributed by atoms with Crippen LogP contribution in [0.15, 0.2) is 0 Å². The molecule has 189 valence electrons. The molecular formula is C22H46N4O3S2V. The molecule has 0 unspecified atom stereocenters. The molecule has 0 spiro atoms. The van der Waals surface area contributed by atoms with Crippen molar-refractivity contribution in [2.45, 2.75) is 103 Å². The summed E-state index contributed by atoms with van der Waals surface area (Å²) in [5.41, 5.74) is 11.0. The van der Waals surface area contributed by atoms with E-state index in [0.717, 1.165) is 43.1 Å². The molecule has 0 aromatic heterocycles. The molecule has 0 fully saturated rings. The number of hydrogen-bond acceptors (Lipinski definition) is 7. The van der Waals surface area contributed by atoms with Gasteiger partial charge in [-0.3, -0.25) is 0 Å². The Bertz CT molecular complexity index is 389. The van der Waals surface area contributed by atoms with E-state index in [9.17, 15) is 9.59 Å². The summed E-state index contributed by atoms with van der Waals surface area (Å²) in [5, 5.41) is 7.80. The van der Waals surface area contributed by atoms with Crippen molar-refractivity contribution in [2.75, 3.05) is 24.6 Å². The van der Waals surface area contributed by atoms with Crippen LogP contribution in [0.25, 0.3) is 10.6 Å². The summed E-state index contributed by atoms with van der Waals surface area (Å²) in [6.07, 6.45) is 14.5. The summed E-state index contributed by atoms with van der Waals surface area (Å²) < 4.78 is 8.19. The van der Waals surface area contributed by atoms with Crippen molar-refractivity contribution in [1.29, 1.82) is 0 Å². The third-order valence-corrected chi connectivity index (χ3v) is 5.37. The van der Waals surface area contributed by atoms with Gasteiger partial charge in [-0.2, -0.15) is 25.3 Å². The minimum atomic E-state index is -0.520. The van der Waals surface area contributed by atoms with Crippen LogP contribution >= 0.6 is 25.3 Å². The first kappa shape index (κ1) is 36.5. The molecule has 7 nitrogen and oxygen atoms in total. The first-order chi connectivity index (χ1) is 15.4. The fourth-order valence-electron chi connectivity index (χ4n) is 2.55. The van der Waals surface area contributed by atoms with Crippen molar-refractivity contribution in [3.63, 3.8) is 0 Å². The van der Waals surface area contributed by atoms with Gasteiger partial charge in [0.1, 0.15) is 0 Å². The number of rotatable bonds is 18. The SMILES string of the molecule is CCCCCCCC[N-]C(=O)[C@@H](N)CS.CCCCCCCC[N-]C(=O)[C@@H](N)CS.[O]=[V+2]. The van der Waals surface area contributed by atoms with E-state index in [1.807, 2.05) is 0 Å². The van der Waals surface area contributed by atoms with Crippen molar-refractivity contribution < 1.29 is 30.6 Å². The summed E-state index contributed by atoms with van der Waals surface area (Å²) in [4.78, 5) is 22.3. The molecule has 0 saturated heterocycles. The minimum absolute atomic E-state index is 0.210. The Balaban J connectivity index is -0.000000487. The predicted octanol–water partition coefficient (Wildman–Crippen LogP) is 4.89. The number of nitrogens with zero attached hydrogens (tertiary/aromatic N) is 2. The molecule has 10 heteroatoms. The van der Waals surface area contributed by atoms with E-state index in [1.165, 1.54) is 51.4 Å². The standard InChI is InChI=1S/2C11H24N2OS.O.V/c2*1-2-3-4-5-6-7-8-13-11(14)10(12)9-15;;/h2*10H,2-9,12H2,1H3,(H2,13,14,15);;/q;;;+2/p-2/t2*10-;;/m00../s1. The van der Waals surface area contributed by atoms with E-state index in [2.05, 4.69) is 49.7 Å². The molecule has 2 atom stereocenters. The fourth-order valence-corrected chi connectivity index (χ4v) is 2.87. The summed E-state index contributed by atoms with van der Waals surface area (Å²) in [6.45, 7) is 5.64. The molecule has 0 aliphatic rings. The van der Waals surface area contributed by atoms with E-state index in [0.29, 0.717) is 24.6 Å². The van der Waals surface area contributed by atoms with Gasteiger partial charge in [0.15, 0.2) is 0 Å². The average Bonchev–Trinajstić information content (AvgIpc) is 2.83. The Morgan fingerprint density at radius 1 is 0.656 bits per heavy atom. The van der Waals surface area contributed by atoms with Crippen LogP contribution in [0.5, 0.6) is 0 Å². The Hall–Kier alpha value is -0.0556. The average molecular weight is 530 g/mol. The summed E-state index contributed by atoms with van der Waals surface area (Å²) in [6, 6.07) is -1.04. The van der Waals surface area contributed by atoms with Crippen molar-refractivity contribution in [3.05, 3.63) is 10.6 Å². The molecule has 0 bridgehead atoms. The third kappa shape index (κ3) is 28.0. The number of amides is 2. The number of unbranched alkanes of at least 4 members (excludes halogenated alkanes) is 10. The normalized spacial score (nSPS) is 11.9. The van der Waals surface area contributed by atoms with Crippen LogP contribution in [0, 0.1) is 0 Å². The molecule has 0 aromatic rings. The zero-order valence-electron chi connectivity index (χ0n) is 20.1. The van der Waals surface area contributed by atoms with E-state index in [4.69, 9.17) is 15.1 Å². The van der Waals surface area contributed by atoms with Gasteiger partial charge in [0.05, 0.1) is 23.9 Å². The van der Waals surface area contributed by atoms with Crippen molar-refractivity contribution >= 4 is 37.1 Å². The van der Waals surface area contributed by atoms with Gasteiger partial charge < -0.3 is 31.7 Å². The number of hydrogen-bond donors (Lipinski definition) is 4. The van der Waals surface area contributed by atoms with E-state index >= 15 is 0 Å². The Kier molecular flexibility index (Phi) is 35.3. The molecule has 32 heavy (non-hydrogen) atoms. The predicted molar refractivity (Wildman–Crippen MR) is 138 cm³/mol. The Morgan fingerprint density at radius 2 is 0.938 bits per heavy atom. The van der Waals surface area contributed by atoms with Crippen LogP contribution in [0.4, 0.5) is 0 Å². The molecule has 0 rings (SSSR count). The Labute approximate surface area is 216 Å². The number of thiol groups is 2. The topological polar surface area (TPSA) is 131 Å². The molecule has 2 amide bonds. The number of carbonyl (C=O) groups is 2. The number of carbonyl (C=O) groups excluding carboxylic acids is 2. The monoisotopic (exact) mass is 529 g/mol. The van der Waals surface area contributed by atoms with Gasteiger partial charge in [0.2, 0.25) is 0 Å². The molecular weight excluding hydrogens is 483 g/mol. The van der Waals surface area contributed by atoms with Crippen LogP contribution in [0.3, 0.4) is 0 Å². The zero-order valence-corrected chi connectivity index (χ0v) is 23.3. The summed E-state index contributed by atoms with van der Waals surface area (Å²) in [5.74, 6) is 0.328. The van der Waals surface area contributed by atoms with Crippen LogP contribution in [-0.2, 0) is 30.6 Å². The molecule has 4 N–H and O–H groups in total. The molecule has 0 aromatic carbocycles. The molecule has 0 aliphatic heterocycles. The fraction of sp³-hybridized carbons (Fsp3) is 0.909. The van der Waals surface area contributed by atoms with Gasteiger partial charge in [-0.25, -0.2) is 0 Å². The first-order valence-electron chi connectivity index (χ1n) is 11.8. The third-order valence-electron chi connectivity index (χ3n) is 4.59. The van der Waals surface area contributed by atoms with Gasteiger partial charge in [-0.1, -0.05) is 90.9 Å². The molecule has 0 aliphatic carbocycles. The summed E-state index contributed by atoms with van der Waals surface area (Å²) in [7, 11) is 0. The van der Waals surface area contributed by atoms with Crippen molar-refractivity contribution in [1.82, 2.24) is 0 Å². The molecule has 0 radical (unpaired) electrons. The van der Waals surface area contributed by atoms with Crippen LogP contribution in [-0.4, -0.2) is 48.5 Å². The first-order valence-corrected chi connectivity index (χ1v) is 13.6. The van der Waals surface area contributed by atoms with E-state index in [1.54, 1.807) is 0 Å². The van der Waals surface area contributed by atoms with Gasteiger partial charge in [-0.05, 0) is 0 Å². The van der Waals surface area contributed by atoms with Crippen molar-refractivity contribution in [3.8, 4) is 0 Å². The van der Waals surface area contributed by atoms with Crippen LogP contribution in [0.1, 0.15) is 90.9 Å². The zero-order chi connectivity index (χ0) is 25.0. The maximum atomic E-state index is 11.2. The summed E-state index contributed by atoms with van der Waals surface area (Å²) >= 11 is 8.96. The van der Waals surface area contributed by atoms with Crippen LogP contribution < -0.4 is 11.5 Å². The van der Waals surface area contributed by atoms with Gasteiger partial charge >= 0.3 is 21.0 Å². The van der Waals surface area contributed by atoms with Gasteiger partial charge in [0.25, 0.3) is 0 Å². The van der Waals surface area contributed by atoms with Crippen LogP contribution in [0.2, 0.25) is 0 Å². The van der Waals surface area contributed by atoms with Gasteiger partial charge in [-0.15, -0.1) is 13.1 Å².